The number of alkyl halides is 3. The first-order chi connectivity index (χ1) is 10.9. The van der Waals surface area contributed by atoms with Crippen molar-refractivity contribution < 1.29 is 13.2 Å². The van der Waals surface area contributed by atoms with Crippen molar-refractivity contribution in [3.63, 3.8) is 0 Å². The second-order valence-corrected chi connectivity index (χ2v) is 5.93. The fraction of sp³-hybridized carbons (Fsp3) is 0.333. The Hall–Kier alpha value is -2.01. The highest BCUT2D eigenvalue weighted by atomic mass is 19.4. The smallest absolute Gasteiger partial charge is 0.388 e. The zero-order valence-electron chi connectivity index (χ0n) is 13.1. The molecule has 0 saturated heterocycles. The Balaban J connectivity index is 1.76. The minimum Gasteiger partial charge on any atom is -0.388 e. The number of anilines is 1. The summed E-state index contributed by atoms with van der Waals surface area (Å²) in [5, 5.41) is 3.13. The lowest BCUT2D eigenvalue weighted by atomic mass is 10.0. The molecular formula is C18H19F3N2. The van der Waals surface area contributed by atoms with E-state index in [2.05, 4.69) is 22.3 Å². The molecule has 2 aromatic rings. The van der Waals surface area contributed by atoms with Crippen LogP contribution in [0.2, 0.25) is 0 Å². The molecule has 2 aromatic carbocycles. The van der Waals surface area contributed by atoms with Crippen LogP contribution in [0.15, 0.2) is 42.5 Å². The Kier molecular flexibility index (Phi) is 4.06. The summed E-state index contributed by atoms with van der Waals surface area (Å²) in [5.41, 5.74) is 3.93. The van der Waals surface area contributed by atoms with Crippen LogP contribution in [0.25, 0.3) is 0 Å². The van der Waals surface area contributed by atoms with Gasteiger partial charge in [0.2, 0.25) is 0 Å². The maximum Gasteiger partial charge on any atom is 0.416 e. The molecule has 1 aliphatic heterocycles. The molecule has 5 heteroatoms. The molecular weight excluding hydrogens is 301 g/mol. The minimum absolute atomic E-state index is 0.0720. The third-order valence-electron chi connectivity index (χ3n) is 4.51. The molecule has 0 aromatic heterocycles. The lowest BCUT2D eigenvalue weighted by molar-refractivity contribution is -0.137. The first-order valence-electron chi connectivity index (χ1n) is 7.59. The number of rotatable bonds is 3. The monoisotopic (exact) mass is 320 g/mol. The van der Waals surface area contributed by atoms with E-state index in [-0.39, 0.29) is 6.04 Å². The molecule has 2 nitrogen and oxygen atoms in total. The maximum atomic E-state index is 12.7. The van der Waals surface area contributed by atoms with E-state index in [1.807, 2.05) is 20.0 Å². The molecule has 0 fully saturated rings. The number of benzene rings is 2. The molecule has 1 heterocycles. The summed E-state index contributed by atoms with van der Waals surface area (Å²) in [6.07, 6.45) is -4.28. The van der Waals surface area contributed by atoms with E-state index < -0.39 is 11.7 Å². The van der Waals surface area contributed by atoms with Gasteiger partial charge in [-0.15, -0.1) is 0 Å². The summed E-state index contributed by atoms with van der Waals surface area (Å²) in [6.45, 7) is 3.67. The van der Waals surface area contributed by atoms with Crippen molar-refractivity contribution in [3.05, 3.63) is 64.7 Å². The molecule has 0 bridgehead atoms. The highest BCUT2D eigenvalue weighted by molar-refractivity contribution is 5.49. The Morgan fingerprint density at radius 1 is 1.00 bits per heavy atom. The van der Waals surface area contributed by atoms with E-state index in [9.17, 15) is 13.2 Å². The molecule has 1 aliphatic rings. The van der Waals surface area contributed by atoms with Gasteiger partial charge in [-0.3, -0.25) is 4.90 Å². The van der Waals surface area contributed by atoms with E-state index in [1.165, 1.54) is 11.1 Å². The van der Waals surface area contributed by atoms with Crippen LogP contribution in [0.4, 0.5) is 18.9 Å². The van der Waals surface area contributed by atoms with Gasteiger partial charge in [0.25, 0.3) is 0 Å². The van der Waals surface area contributed by atoms with Crippen molar-refractivity contribution in [2.75, 3.05) is 12.4 Å². The van der Waals surface area contributed by atoms with E-state index in [1.54, 1.807) is 12.1 Å². The summed E-state index contributed by atoms with van der Waals surface area (Å²) in [5.74, 6) is 0. The van der Waals surface area contributed by atoms with Crippen LogP contribution in [0.1, 0.15) is 35.2 Å². The number of fused-ring (bicyclic) bond motifs is 1. The SMILES string of the molecule is CNc1ccc2c(c1)CN(C(C)c1ccc(C(F)(F)F)cc1)C2. The molecule has 122 valence electrons. The fourth-order valence-corrected chi connectivity index (χ4v) is 3.01. The number of nitrogens with one attached hydrogen (secondary N) is 1. The predicted molar refractivity (Wildman–Crippen MR) is 85.1 cm³/mol. The van der Waals surface area contributed by atoms with Crippen molar-refractivity contribution in [2.45, 2.75) is 32.2 Å². The highest BCUT2D eigenvalue weighted by Crippen LogP contribution is 2.34. The van der Waals surface area contributed by atoms with Gasteiger partial charge >= 0.3 is 6.18 Å². The molecule has 1 atom stereocenters. The first kappa shape index (κ1) is 15.9. The van der Waals surface area contributed by atoms with Crippen LogP contribution < -0.4 is 5.32 Å². The Morgan fingerprint density at radius 3 is 2.26 bits per heavy atom. The Morgan fingerprint density at radius 2 is 1.65 bits per heavy atom. The van der Waals surface area contributed by atoms with Gasteiger partial charge < -0.3 is 5.32 Å². The molecule has 1 unspecified atom stereocenters. The summed E-state index contributed by atoms with van der Waals surface area (Å²) in [4.78, 5) is 2.27. The van der Waals surface area contributed by atoms with Crippen LogP contribution in [-0.4, -0.2) is 11.9 Å². The van der Waals surface area contributed by atoms with Crippen LogP contribution >= 0.6 is 0 Å². The summed E-state index contributed by atoms with van der Waals surface area (Å²) in [6, 6.07) is 11.8. The van der Waals surface area contributed by atoms with Crippen LogP contribution in [0.3, 0.4) is 0 Å². The number of hydrogen-bond acceptors (Lipinski definition) is 2. The average molecular weight is 320 g/mol. The van der Waals surface area contributed by atoms with Gasteiger partial charge in [0.05, 0.1) is 5.56 Å². The van der Waals surface area contributed by atoms with Gasteiger partial charge in [-0.05, 0) is 47.9 Å². The molecule has 3 rings (SSSR count). The summed E-state index contributed by atoms with van der Waals surface area (Å²) < 4.78 is 38.0. The Bertz CT molecular complexity index is 692. The second-order valence-electron chi connectivity index (χ2n) is 5.93. The van der Waals surface area contributed by atoms with E-state index in [4.69, 9.17) is 0 Å². The Labute approximate surface area is 133 Å². The molecule has 23 heavy (non-hydrogen) atoms. The quantitative estimate of drug-likeness (QED) is 0.872. The second kappa shape index (κ2) is 5.89. The number of hydrogen-bond donors (Lipinski definition) is 1. The first-order valence-corrected chi connectivity index (χ1v) is 7.59. The normalized spacial score (nSPS) is 16.2. The standard InChI is InChI=1S/C18H19F3N2/c1-12(13-3-6-16(7-4-13)18(19,20)21)23-10-14-5-8-17(22-2)9-15(14)11-23/h3-9,12,22H,10-11H2,1-2H3. The maximum absolute atomic E-state index is 12.7. The van der Waals surface area contributed by atoms with Gasteiger partial charge in [0, 0.05) is 31.9 Å². The van der Waals surface area contributed by atoms with Gasteiger partial charge in [0.15, 0.2) is 0 Å². The van der Waals surface area contributed by atoms with E-state index in [0.717, 1.165) is 36.5 Å². The fourth-order valence-electron chi connectivity index (χ4n) is 3.01. The van der Waals surface area contributed by atoms with Crippen molar-refractivity contribution >= 4 is 5.69 Å². The van der Waals surface area contributed by atoms with Gasteiger partial charge in [0.1, 0.15) is 0 Å². The van der Waals surface area contributed by atoms with Crippen molar-refractivity contribution in [3.8, 4) is 0 Å². The van der Waals surface area contributed by atoms with Crippen molar-refractivity contribution in [1.29, 1.82) is 0 Å². The number of halogens is 3. The summed E-state index contributed by atoms with van der Waals surface area (Å²) in [7, 11) is 1.89. The van der Waals surface area contributed by atoms with Gasteiger partial charge in [-0.1, -0.05) is 18.2 Å². The zero-order valence-corrected chi connectivity index (χ0v) is 13.1. The van der Waals surface area contributed by atoms with Gasteiger partial charge in [-0.25, -0.2) is 0 Å². The summed E-state index contributed by atoms with van der Waals surface area (Å²) >= 11 is 0. The number of nitrogens with zero attached hydrogens (tertiary/aromatic N) is 1. The highest BCUT2D eigenvalue weighted by Gasteiger charge is 2.30. The minimum atomic E-state index is -4.28. The zero-order chi connectivity index (χ0) is 16.6. The largest absolute Gasteiger partial charge is 0.416 e. The van der Waals surface area contributed by atoms with Crippen LogP contribution in [0.5, 0.6) is 0 Å². The molecule has 0 radical (unpaired) electrons. The molecule has 0 saturated carbocycles. The lowest BCUT2D eigenvalue weighted by Crippen LogP contribution is -2.20. The molecule has 0 spiro atoms. The third-order valence-corrected chi connectivity index (χ3v) is 4.51. The third kappa shape index (κ3) is 3.20. The van der Waals surface area contributed by atoms with Crippen molar-refractivity contribution in [1.82, 2.24) is 4.90 Å². The molecule has 0 aliphatic carbocycles. The van der Waals surface area contributed by atoms with Crippen LogP contribution in [-0.2, 0) is 19.3 Å². The van der Waals surface area contributed by atoms with Crippen molar-refractivity contribution in [2.24, 2.45) is 0 Å². The van der Waals surface area contributed by atoms with E-state index in [0.29, 0.717) is 0 Å². The lowest BCUT2D eigenvalue weighted by Gasteiger charge is -2.24. The predicted octanol–water partition coefficient (Wildman–Crippen LogP) is 4.82. The van der Waals surface area contributed by atoms with Gasteiger partial charge in [-0.2, -0.15) is 13.2 Å². The van der Waals surface area contributed by atoms with E-state index >= 15 is 0 Å². The van der Waals surface area contributed by atoms with Crippen LogP contribution in [0, 0.1) is 0 Å². The topological polar surface area (TPSA) is 15.3 Å². The average Bonchev–Trinajstić information content (AvgIpc) is 2.96. The molecule has 0 amide bonds. The molecule has 1 N–H and O–H groups in total.